The maximum Gasteiger partial charge on any atom is 0.376 e. The number of hydrogen-bond donors (Lipinski definition) is 6. The minimum atomic E-state index is -0.462. The number of carbonyl (C=O) groups is 1. The van der Waals surface area contributed by atoms with Crippen LogP contribution in [0.2, 0.25) is 20.5 Å². The van der Waals surface area contributed by atoms with E-state index in [2.05, 4.69) is 65.8 Å². The van der Waals surface area contributed by atoms with Crippen LogP contribution in [0.15, 0.2) is 0 Å². The van der Waals surface area contributed by atoms with E-state index in [4.69, 9.17) is 10.0 Å². The second-order valence-electron chi connectivity index (χ2n) is 15.9. The molecule has 7 aliphatic rings. The van der Waals surface area contributed by atoms with Gasteiger partial charge in [0.15, 0.2) is 0 Å². The zero-order chi connectivity index (χ0) is 37.9. The first kappa shape index (κ1) is 47.1. The Morgan fingerprint density at radius 1 is 0.765 bits per heavy atom. The molecule has 7 N–H and O–H groups in total. The Morgan fingerprint density at radius 2 is 1.27 bits per heavy atom. The van der Waals surface area contributed by atoms with Crippen molar-refractivity contribution in [3.63, 3.8) is 0 Å². The van der Waals surface area contributed by atoms with Crippen molar-refractivity contribution in [2.75, 3.05) is 99.0 Å². The highest BCUT2D eigenvalue weighted by molar-refractivity contribution is 9.09. The van der Waals surface area contributed by atoms with Gasteiger partial charge in [-0.15, -0.1) is 0 Å². The Balaban J connectivity index is 0.000000224. The predicted octanol–water partition coefficient (Wildman–Crippen LogP) is 1.33. The summed E-state index contributed by atoms with van der Waals surface area (Å²) in [5.74, 6) is 3.30. The molecule has 0 aromatic carbocycles. The van der Waals surface area contributed by atoms with Crippen molar-refractivity contribution in [2.24, 2.45) is 23.5 Å². The molecule has 3 unspecified atom stereocenters. The Bertz CT molecular complexity index is 918. The number of Topliss-reactive ketones (excluding diaryl/α,β-unsaturated/α-hetero) is 1. The maximum atomic E-state index is 10.6. The van der Waals surface area contributed by atoms with Gasteiger partial charge in [-0.05, 0) is 150 Å². The van der Waals surface area contributed by atoms with Crippen LogP contribution < -0.4 is 16.4 Å². The molecule has 0 aromatic rings. The number of nitrogens with two attached hydrogens (primary N) is 1. The molecule has 3 saturated carbocycles. The van der Waals surface area contributed by atoms with Crippen molar-refractivity contribution in [1.82, 2.24) is 34.9 Å². The number of nitrogens with one attached hydrogen (secondary N) is 2. The highest BCUT2D eigenvalue weighted by atomic mass is 79.9. The number of rotatable bonds is 11. The van der Waals surface area contributed by atoms with E-state index in [9.17, 15) is 9.82 Å². The predicted molar refractivity (Wildman–Crippen MR) is 220 cm³/mol. The summed E-state index contributed by atoms with van der Waals surface area (Å²) in [6, 6.07) is 2.08. The quantitative estimate of drug-likeness (QED) is 0.133. The van der Waals surface area contributed by atoms with E-state index >= 15 is 0 Å². The molecule has 0 amide bonds. The summed E-state index contributed by atoms with van der Waals surface area (Å²) in [5.41, 5.74) is 4.50. The van der Waals surface area contributed by atoms with Gasteiger partial charge < -0.3 is 55.7 Å². The third-order valence-electron chi connectivity index (χ3n) is 11.1. The maximum absolute atomic E-state index is 10.6. The molecule has 0 radical (unpaired) electrons. The third kappa shape index (κ3) is 20.4. The van der Waals surface area contributed by atoms with E-state index in [1.807, 2.05) is 20.7 Å². The van der Waals surface area contributed by atoms with Gasteiger partial charge >= 0.3 is 21.2 Å². The molecule has 51 heavy (non-hydrogen) atoms. The van der Waals surface area contributed by atoms with Gasteiger partial charge in [0.25, 0.3) is 0 Å². The van der Waals surface area contributed by atoms with Gasteiger partial charge in [-0.3, -0.25) is 4.79 Å². The molecule has 0 bridgehead atoms. The van der Waals surface area contributed by atoms with Gasteiger partial charge in [0, 0.05) is 69.1 Å². The van der Waals surface area contributed by atoms with E-state index in [-0.39, 0.29) is 19.9 Å². The van der Waals surface area contributed by atoms with Crippen LogP contribution in [0.5, 0.6) is 0 Å². The van der Waals surface area contributed by atoms with Crippen molar-refractivity contribution in [2.45, 2.75) is 103 Å². The first-order valence-corrected chi connectivity index (χ1v) is 21.2. The fraction of sp³-hybridized carbons (Fsp3) is 0.971. The summed E-state index contributed by atoms with van der Waals surface area (Å²) in [5, 5.41) is 35.4. The molecule has 0 aromatic heterocycles. The average Bonchev–Trinajstić information content (AvgIpc) is 4.07. The molecule has 4 aliphatic heterocycles. The smallest absolute Gasteiger partial charge is 0.376 e. The molecule has 296 valence electrons. The van der Waals surface area contributed by atoms with Crippen molar-refractivity contribution < 1.29 is 19.9 Å². The third-order valence-corrected chi connectivity index (χ3v) is 12.1. The molecule has 7 fully saturated rings. The van der Waals surface area contributed by atoms with Crippen LogP contribution in [0.1, 0.15) is 64.2 Å². The zero-order valence-corrected chi connectivity index (χ0v) is 35.1. The average molecular weight is 785 g/mol. The van der Waals surface area contributed by atoms with Crippen molar-refractivity contribution >= 4 is 42.9 Å². The normalized spacial score (nSPS) is 26.2. The molecule has 16 heteroatoms. The molecule has 4 heterocycles. The van der Waals surface area contributed by atoms with E-state index in [0.29, 0.717) is 25.0 Å². The number of ketones is 1. The molecule has 4 saturated heterocycles. The van der Waals surface area contributed by atoms with Gasteiger partial charge in [-0.1, -0.05) is 15.9 Å². The highest BCUT2D eigenvalue weighted by Crippen LogP contribution is 2.31. The minimum Gasteiger partial charge on any atom is -0.437 e. The summed E-state index contributed by atoms with van der Waals surface area (Å²) in [4.78, 5) is 21.6. The Kier molecular flexibility index (Phi) is 23.9. The summed E-state index contributed by atoms with van der Waals surface area (Å²) in [7, 11) is 6.96. The summed E-state index contributed by atoms with van der Waals surface area (Å²) >= 11 is 3.38. The summed E-state index contributed by atoms with van der Waals surface area (Å²) in [6.45, 7) is 15.6. The van der Waals surface area contributed by atoms with Gasteiger partial charge in [0.2, 0.25) is 0 Å². The molecule has 12 nitrogen and oxygen atoms in total. The first-order chi connectivity index (χ1) is 24.4. The number of nitrogens with zero attached hydrogens (tertiary/aromatic N) is 5. The molecule has 0 spiro atoms. The van der Waals surface area contributed by atoms with Crippen LogP contribution in [0, 0.1) is 17.8 Å². The lowest BCUT2D eigenvalue weighted by molar-refractivity contribution is -0.116. The highest BCUT2D eigenvalue weighted by Gasteiger charge is 2.32. The summed E-state index contributed by atoms with van der Waals surface area (Å²) in [6.07, 6.45) is 13.1. The number of likely N-dealkylation sites (N-methyl/N-ethyl adjacent to an activating group) is 3. The second-order valence-corrected chi connectivity index (χ2v) is 16.5. The van der Waals surface area contributed by atoms with Crippen LogP contribution in [0.3, 0.4) is 0 Å². The van der Waals surface area contributed by atoms with E-state index in [0.717, 1.165) is 62.9 Å². The van der Waals surface area contributed by atoms with Crippen LogP contribution in [0.25, 0.3) is 0 Å². The fourth-order valence-corrected chi connectivity index (χ4v) is 7.45. The summed E-state index contributed by atoms with van der Waals surface area (Å²) < 4.78 is 0. The minimum absolute atomic E-state index is 0.232. The molecule has 3 atom stereocenters. The first-order valence-electron chi connectivity index (χ1n) is 20.1. The number of alkyl halides is 1. The number of hydrogen-bond acceptors (Lipinski definition) is 12. The van der Waals surface area contributed by atoms with Crippen LogP contribution in [-0.2, 0) is 4.79 Å². The van der Waals surface area contributed by atoms with E-state index in [1.165, 1.54) is 89.9 Å². The van der Waals surface area contributed by atoms with Crippen LogP contribution >= 0.6 is 15.9 Å². The van der Waals surface area contributed by atoms with Crippen LogP contribution in [0.4, 0.5) is 0 Å². The van der Waals surface area contributed by atoms with Gasteiger partial charge in [0.1, 0.15) is 5.78 Å². The van der Waals surface area contributed by atoms with Crippen molar-refractivity contribution in [3.05, 3.63) is 0 Å². The fourth-order valence-electron chi connectivity index (χ4n) is 6.80. The lowest BCUT2D eigenvalue weighted by Gasteiger charge is -2.24. The van der Waals surface area contributed by atoms with Gasteiger partial charge in [0.05, 0.1) is 0 Å². The Morgan fingerprint density at radius 3 is 1.59 bits per heavy atom. The van der Waals surface area contributed by atoms with Crippen molar-refractivity contribution in [1.29, 1.82) is 0 Å². The topological polar surface area (TPSA) is 144 Å². The largest absolute Gasteiger partial charge is 0.437 e. The monoisotopic (exact) mass is 785 g/mol. The Hall–Kier alpha value is -0.0952. The van der Waals surface area contributed by atoms with E-state index in [1.54, 1.807) is 11.6 Å². The Labute approximate surface area is 321 Å². The van der Waals surface area contributed by atoms with Gasteiger partial charge in [-0.2, -0.15) is 0 Å². The number of carbonyl (C=O) groups excluding carboxylic acids is 1. The SMILES string of the molecule is BrCC1CC1.CB(O)N1CCC(=O)C1.CB(O)N1CCC(N(C)CC2CC2)C1.CN.CN(CC1CC1)C1CCNC1.CNC1CCN(B(C)O)C1. The van der Waals surface area contributed by atoms with Crippen LogP contribution in [-0.4, -0.2) is 183 Å². The molecular formula is C35H76B3BrN8O4. The second kappa shape index (κ2) is 25.9. The zero-order valence-electron chi connectivity index (χ0n) is 33.5. The lowest BCUT2D eigenvalue weighted by atomic mass is 9.86. The molecule has 7 rings (SSSR count). The van der Waals surface area contributed by atoms with E-state index < -0.39 is 7.05 Å². The molecule has 3 aliphatic carbocycles. The van der Waals surface area contributed by atoms with Crippen molar-refractivity contribution in [3.8, 4) is 0 Å². The molecular weight excluding hydrogens is 709 g/mol. The lowest BCUT2D eigenvalue weighted by Crippen LogP contribution is -2.40. The number of halogens is 1. The van der Waals surface area contributed by atoms with Gasteiger partial charge in [-0.25, -0.2) is 0 Å². The standard InChI is InChI=1S/C10H21BN2O.C9H18N2.C6H15BN2O.C5H10BNO2.C4H7Br.CH5N/c1-11(14)13-6-5-10(8-13)12(2)7-9-3-4-9;1-11(7-8-2-3-8)9-4-5-10-6-9;1-7(10)9-4-3-6(5-9)8-2;1-6(9)7-3-2-5(8)4-7;5-3-4-1-2-4;1-2/h9-10,14H,3-8H2,1-2H3;8-10H,2-7H2,1H3;6,8,10H,3-5H2,1-2H3;9H,2-4H2,1H3;4H,1-3H2;2H2,1H3.